The largest absolute Gasteiger partial charge is 0.481 e. The molecule has 0 bridgehead atoms. The normalized spacial score (nSPS) is 49.7. The second-order valence-corrected chi connectivity index (χ2v) is 25.0. The lowest BCUT2D eigenvalue weighted by Crippen LogP contribution is -2.66. The maximum absolute atomic E-state index is 13.8. The van der Waals surface area contributed by atoms with Gasteiger partial charge in [-0.1, -0.05) is 83.5 Å². The van der Waals surface area contributed by atoms with Crippen molar-refractivity contribution in [1.29, 1.82) is 0 Å². The van der Waals surface area contributed by atoms with Crippen molar-refractivity contribution in [1.82, 2.24) is 0 Å². The van der Waals surface area contributed by atoms with Crippen LogP contribution < -0.4 is 0 Å². The third-order valence-corrected chi connectivity index (χ3v) is 20.5. The average Bonchev–Trinajstić information content (AvgIpc) is 4.08. The van der Waals surface area contributed by atoms with Crippen LogP contribution in [0.1, 0.15) is 105 Å². The van der Waals surface area contributed by atoms with Gasteiger partial charge in [-0.3, -0.25) is 4.79 Å². The van der Waals surface area contributed by atoms with Crippen LogP contribution >= 0.6 is 0 Å². The molecule has 1 aromatic carbocycles. The smallest absolute Gasteiger partial charge is 0.331 e. The fraction of sp³-hybridized carbons (Fsp3) is 0.782. The van der Waals surface area contributed by atoms with Gasteiger partial charge in [0.2, 0.25) is 0 Å². The van der Waals surface area contributed by atoms with Crippen LogP contribution in [0.4, 0.5) is 0 Å². The van der Waals surface area contributed by atoms with Gasteiger partial charge in [-0.2, -0.15) is 0 Å². The lowest BCUT2D eigenvalue weighted by molar-refractivity contribution is -0.377. The van der Waals surface area contributed by atoms with E-state index in [0.717, 1.165) is 37.7 Å². The highest BCUT2D eigenvalue weighted by Gasteiger charge is 2.79. The molecule has 0 aromatic heterocycles. The third kappa shape index (κ3) is 8.60. The fourth-order valence-corrected chi connectivity index (χ4v) is 16.5. The average molecular weight is 1030 g/mol. The first-order valence-electron chi connectivity index (χ1n) is 26.5. The van der Waals surface area contributed by atoms with E-state index in [4.69, 9.17) is 33.2 Å². The molecule has 9 aliphatic rings. The number of aliphatic carboxylic acids is 1. The molecule has 10 rings (SSSR count). The number of aliphatic hydroxyl groups is 8. The molecule has 6 aliphatic carbocycles. The molecular weight excluding hydrogens is 949 g/mol. The van der Waals surface area contributed by atoms with Crippen LogP contribution in [0.15, 0.2) is 48.1 Å². The molecule has 9 N–H and O–H groups in total. The lowest BCUT2D eigenvalue weighted by atomic mass is 9.36. The molecule has 3 aliphatic heterocycles. The first-order chi connectivity index (χ1) is 34.4. The van der Waals surface area contributed by atoms with Crippen molar-refractivity contribution in [2.24, 2.45) is 56.2 Å². The molecule has 3 saturated heterocycles. The molecule has 1 spiro atoms. The van der Waals surface area contributed by atoms with Crippen molar-refractivity contribution in [3.8, 4) is 0 Å². The highest BCUT2D eigenvalue weighted by molar-refractivity contribution is 5.87. The fourth-order valence-electron chi connectivity index (χ4n) is 16.5. The summed E-state index contributed by atoms with van der Waals surface area (Å²) in [6.07, 6.45) is -8.64. The van der Waals surface area contributed by atoms with Gasteiger partial charge in [-0.05, 0) is 103 Å². The van der Waals surface area contributed by atoms with Crippen molar-refractivity contribution in [3.63, 3.8) is 0 Å². The van der Waals surface area contributed by atoms with E-state index in [1.54, 1.807) is 6.08 Å². The van der Waals surface area contributed by atoms with Gasteiger partial charge in [0.15, 0.2) is 18.9 Å². The zero-order valence-electron chi connectivity index (χ0n) is 42.8. The minimum atomic E-state index is -1.78. The Balaban J connectivity index is 0.847. The van der Waals surface area contributed by atoms with Crippen molar-refractivity contribution in [3.05, 3.63) is 53.6 Å². The maximum atomic E-state index is 13.8. The summed E-state index contributed by atoms with van der Waals surface area (Å²) in [5.74, 6) is -0.819. The summed E-state index contributed by atoms with van der Waals surface area (Å²) in [7, 11) is 0. The molecule has 18 nitrogen and oxygen atoms in total. The topological polar surface area (TPSA) is 281 Å². The number of benzene rings is 1. The van der Waals surface area contributed by atoms with E-state index in [1.807, 2.05) is 30.3 Å². The Bertz CT molecular complexity index is 2270. The molecule has 3 heterocycles. The minimum Gasteiger partial charge on any atom is -0.481 e. The Labute approximate surface area is 426 Å². The number of hydrogen-bond donors (Lipinski definition) is 9. The molecular formula is C55H78O18. The lowest BCUT2D eigenvalue weighted by Gasteiger charge is -2.69. The molecule has 23 unspecified atom stereocenters. The predicted molar refractivity (Wildman–Crippen MR) is 257 cm³/mol. The number of fused-ring (bicyclic) bond motifs is 5. The summed E-state index contributed by atoms with van der Waals surface area (Å²) in [4.78, 5) is 27.1. The molecule has 18 heteroatoms. The van der Waals surface area contributed by atoms with E-state index in [9.17, 15) is 55.5 Å². The Morgan fingerprint density at radius 3 is 2.14 bits per heavy atom. The van der Waals surface area contributed by atoms with Crippen LogP contribution in [0, 0.1) is 56.2 Å². The summed E-state index contributed by atoms with van der Waals surface area (Å²) < 4.78 is 42.1. The van der Waals surface area contributed by atoms with E-state index < -0.39 is 127 Å². The standard InChI is InChI=1S/C55H78O18/c1-50(2)22-30-29-13-14-35-52(5)18-17-36(72-48-45(42(62)40(60)32(24-56)69-48)73-47-44(64)41(61)33(26-68-47)70-46-43(63)39(59)31(57)25-67-46)51(3,4)34(52)16-19-53(35,6)55(29)21-28(55)20-54(30,49(65)66)23-37(50)71-38(58)15-12-27-10-8-7-9-11-27/h7-13,15,28,30-37,39-48,56-57,59-64H,14,16-26H2,1-6H3,(H,65,66). The van der Waals surface area contributed by atoms with E-state index >= 15 is 0 Å². The van der Waals surface area contributed by atoms with Crippen molar-refractivity contribution in [2.75, 3.05) is 19.8 Å². The maximum Gasteiger partial charge on any atom is 0.331 e. The quantitative estimate of drug-likeness (QED) is 0.0667. The van der Waals surface area contributed by atoms with E-state index in [2.05, 4.69) is 47.6 Å². The molecule has 0 radical (unpaired) electrons. The monoisotopic (exact) mass is 1030 g/mol. The van der Waals surface area contributed by atoms with E-state index in [-0.39, 0.29) is 53.6 Å². The van der Waals surface area contributed by atoms with Gasteiger partial charge in [0.25, 0.3) is 0 Å². The second-order valence-electron chi connectivity index (χ2n) is 25.0. The number of carboxylic acid groups (broad SMARTS) is 1. The van der Waals surface area contributed by atoms with Crippen LogP contribution in [0.25, 0.3) is 6.08 Å². The van der Waals surface area contributed by atoms with Crippen molar-refractivity contribution < 1.29 is 88.7 Å². The van der Waals surface area contributed by atoms with Gasteiger partial charge in [0.1, 0.15) is 67.1 Å². The minimum absolute atomic E-state index is 0.0977. The molecule has 406 valence electrons. The first-order valence-corrected chi connectivity index (χ1v) is 26.5. The number of ether oxygens (including phenoxy) is 7. The Kier molecular flexibility index (Phi) is 14.1. The Morgan fingerprint density at radius 2 is 1.42 bits per heavy atom. The van der Waals surface area contributed by atoms with Crippen LogP contribution in [-0.4, -0.2) is 170 Å². The predicted octanol–water partition coefficient (Wildman–Crippen LogP) is 2.83. The molecule has 23 atom stereocenters. The van der Waals surface area contributed by atoms with Gasteiger partial charge in [-0.15, -0.1) is 0 Å². The van der Waals surface area contributed by atoms with Crippen LogP contribution in [0.2, 0.25) is 0 Å². The van der Waals surface area contributed by atoms with Gasteiger partial charge in [-0.25, -0.2) is 4.79 Å². The molecule has 0 amide bonds. The van der Waals surface area contributed by atoms with E-state index in [1.165, 1.54) is 11.6 Å². The number of carboxylic acids is 1. The summed E-state index contributed by atoms with van der Waals surface area (Å²) in [5, 5.41) is 96.8. The Hall–Kier alpha value is -2.92. The summed E-state index contributed by atoms with van der Waals surface area (Å²) >= 11 is 0. The number of esters is 1. The van der Waals surface area contributed by atoms with Crippen molar-refractivity contribution in [2.45, 2.75) is 191 Å². The van der Waals surface area contributed by atoms with Gasteiger partial charge in [0, 0.05) is 23.3 Å². The third-order valence-electron chi connectivity index (χ3n) is 20.5. The summed E-state index contributed by atoms with van der Waals surface area (Å²) in [6.45, 7) is 12.1. The molecule has 1 aromatic rings. The van der Waals surface area contributed by atoms with Gasteiger partial charge in [0.05, 0.1) is 31.3 Å². The first kappa shape index (κ1) is 53.5. The zero-order chi connectivity index (χ0) is 52.4. The van der Waals surface area contributed by atoms with Gasteiger partial charge >= 0.3 is 11.9 Å². The van der Waals surface area contributed by atoms with Crippen LogP contribution in [-0.2, 0) is 42.7 Å². The van der Waals surface area contributed by atoms with Gasteiger partial charge < -0.3 is 79.1 Å². The highest BCUT2D eigenvalue weighted by atomic mass is 16.8. The number of carbonyl (C=O) groups is 2. The van der Waals surface area contributed by atoms with Crippen molar-refractivity contribution >= 4 is 18.0 Å². The summed E-state index contributed by atoms with van der Waals surface area (Å²) in [6, 6.07) is 9.52. The second kappa shape index (κ2) is 19.2. The molecule has 8 fully saturated rings. The number of hydrogen-bond acceptors (Lipinski definition) is 17. The number of rotatable bonds is 11. The molecule has 73 heavy (non-hydrogen) atoms. The molecule has 5 saturated carbocycles. The summed E-state index contributed by atoms with van der Waals surface area (Å²) in [5.41, 5.74) is -0.168. The number of allylic oxidation sites excluding steroid dienone is 2. The highest BCUT2D eigenvalue weighted by Crippen LogP contribution is 2.85. The number of aliphatic hydroxyl groups excluding tert-OH is 8. The van der Waals surface area contributed by atoms with Crippen LogP contribution in [0.5, 0.6) is 0 Å². The number of carbonyl (C=O) groups excluding carboxylic acids is 1. The van der Waals surface area contributed by atoms with E-state index in [0.29, 0.717) is 25.2 Å². The zero-order valence-corrected chi connectivity index (χ0v) is 42.8. The SMILES string of the molecule is CC1(C)CC2C3=CCC4C5(C)CCC(OC6OC(CO)C(O)C(O)C6OC6OCC(OC7OCC(O)C(O)C7O)C(O)C6O)C(C)(C)C5CCC4(C)C34CC4CC2(C(=O)O)CC1OC(=O)C=Cc1ccccc1. The van der Waals surface area contributed by atoms with Crippen LogP contribution in [0.3, 0.4) is 0 Å². The Morgan fingerprint density at radius 1 is 0.726 bits per heavy atom.